The summed E-state index contributed by atoms with van der Waals surface area (Å²) in [5.74, 6) is 0.970. The van der Waals surface area contributed by atoms with Gasteiger partial charge in [0.25, 0.3) is 0 Å². The van der Waals surface area contributed by atoms with Gasteiger partial charge in [-0.3, -0.25) is 9.59 Å². The summed E-state index contributed by atoms with van der Waals surface area (Å²) in [4.78, 5) is 24.3. The van der Waals surface area contributed by atoms with Crippen molar-refractivity contribution in [3.63, 3.8) is 0 Å². The van der Waals surface area contributed by atoms with Gasteiger partial charge in [0.2, 0.25) is 5.91 Å². The Kier molecular flexibility index (Phi) is 2.78. The molecule has 0 atom stereocenters. The Balaban J connectivity index is 1.63. The molecule has 1 aromatic rings. The molecule has 0 bridgehead atoms. The van der Waals surface area contributed by atoms with Gasteiger partial charge in [0.1, 0.15) is 5.75 Å². The lowest BCUT2D eigenvalue weighted by atomic mass is 10.1. The maximum Gasteiger partial charge on any atom is 0.230 e. The Morgan fingerprint density at radius 2 is 2.17 bits per heavy atom. The van der Waals surface area contributed by atoms with Crippen LogP contribution in [0.3, 0.4) is 0 Å². The molecule has 0 aliphatic carbocycles. The van der Waals surface area contributed by atoms with E-state index in [1.54, 1.807) is 4.90 Å². The number of ketones is 1. The van der Waals surface area contributed by atoms with E-state index < -0.39 is 0 Å². The van der Waals surface area contributed by atoms with Gasteiger partial charge in [-0.15, -0.1) is 0 Å². The summed E-state index contributed by atoms with van der Waals surface area (Å²) < 4.78 is 5.45. The number of hydrogen-bond donors (Lipinski definition) is 0. The van der Waals surface area contributed by atoms with Crippen LogP contribution in [0.5, 0.6) is 5.75 Å². The van der Waals surface area contributed by atoms with E-state index in [-0.39, 0.29) is 24.7 Å². The molecule has 4 heteroatoms. The molecule has 1 amide bonds. The van der Waals surface area contributed by atoms with Gasteiger partial charge >= 0.3 is 0 Å². The molecule has 94 valence electrons. The second kappa shape index (κ2) is 4.44. The van der Waals surface area contributed by atoms with Crippen LogP contribution in [0.2, 0.25) is 0 Å². The second-order valence-electron chi connectivity index (χ2n) is 4.82. The number of carbonyl (C=O) groups is 2. The molecule has 2 aliphatic rings. The van der Waals surface area contributed by atoms with E-state index in [1.807, 2.05) is 12.1 Å². The van der Waals surface area contributed by atoms with Gasteiger partial charge in [0.05, 0.1) is 19.6 Å². The minimum atomic E-state index is -0.0375. The van der Waals surface area contributed by atoms with Gasteiger partial charge < -0.3 is 9.64 Å². The largest absolute Gasteiger partial charge is 0.493 e. The highest BCUT2D eigenvalue weighted by Gasteiger charge is 2.26. The first-order chi connectivity index (χ1) is 8.72. The Morgan fingerprint density at radius 1 is 1.28 bits per heavy atom. The van der Waals surface area contributed by atoms with Crippen LogP contribution < -0.4 is 4.74 Å². The molecule has 1 fully saturated rings. The summed E-state index contributed by atoms with van der Waals surface area (Å²) >= 11 is 0. The van der Waals surface area contributed by atoms with Crippen molar-refractivity contribution in [3.05, 3.63) is 29.3 Å². The Labute approximate surface area is 106 Å². The monoisotopic (exact) mass is 245 g/mol. The number of hydrogen-bond acceptors (Lipinski definition) is 3. The van der Waals surface area contributed by atoms with Crippen LogP contribution in [0, 0.1) is 0 Å². The lowest BCUT2D eigenvalue weighted by Crippen LogP contribution is -2.27. The van der Waals surface area contributed by atoms with Crippen LogP contribution in [-0.2, 0) is 22.4 Å². The lowest BCUT2D eigenvalue weighted by molar-refractivity contribution is -0.127. The minimum absolute atomic E-state index is 0.0300. The summed E-state index contributed by atoms with van der Waals surface area (Å²) in [5.41, 5.74) is 2.45. The number of Topliss-reactive ketones (excluding diaryl/α,β-unsaturated/α-hetero) is 1. The average Bonchev–Trinajstić information content (AvgIpc) is 2.92. The van der Waals surface area contributed by atoms with Crippen molar-refractivity contribution in [2.45, 2.75) is 19.3 Å². The standard InChI is InChI=1S/C14H15NO3/c16-12-8-14(17)15(9-12)5-3-10-1-2-13-11(7-10)4-6-18-13/h1-2,7H,3-6,8-9H2. The van der Waals surface area contributed by atoms with E-state index in [1.165, 1.54) is 11.1 Å². The van der Waals surface area contributed by atoms with Crippen molar-refractivity contribution < 1.29 is 14.3 Å². The van der Waals surface area contributed by atoms with Gasteiger partial charge in [-0.1, -0.05) is 12.1 Å². The molecule has 3 rings (SSSR count). The van der Waals surface area contributed by atoms with Crippen LogP contribution in [-0.4, -0.2) is 36.3 Å². The smallest absolute Gasteiger partial charge is 0.230 e. The van der Waals surface area contributed by atoms with Gasteiger partial charge in [-0.05, 0) is 23.6 Å². The highest BCUT2D eigenvalue weighted by Crippen LogP contribution is 2.26. The number of amides is 1. The topological polar surface area (TPSA) is 46.6 Å². The molecule has 2 aliphatic heterocycles. The molecule has 0 N–H and O–H groups in total. The summed E-state index contributed by atoms with van der Waals surface area (Å²) in [6, 6.07) is 6.17. The molecule has 4 nitrogen and oxygen atoms in total. The molecule has 0 radical (unpaired) electrons. The quantitative estimate of drug-likeness (QED) is 0.745. The molecular weight excluding hydrogens is 230 g/mol. The molecule has 18 heavy (non-hydrogen) atoms. The first kappa shape index (κ1) is 11.3. The normalized spacial score (nSPS) is 18.1. The van der Waals surface area contributed by atoms with Gasteiger partial charge in [0, 0.05) is 13.0 Å². The van der Waals surface area contributed by atoms with E-state index in [0.29, 0.717) is 6.54 Å². The Hall–Kier alpha value is -1.84. The van der Waals surface area contributed by atoms with E-state index in [9.17, 15) is 9.59 Å². The Morgan fingerprint density at radius 3 is 2.94 bits per heavy atom. The number of benzene rings is 1. The molecule has 1 saturated heterocycles. The number of fused-ring (bicyclic) bond motifs is 1. The van der Waals surface area contributed by atoms with Gasteiger partial charge in [-0.2, -0.15) is 0 Å². The van der Waals surface area contributed by atoms with Crippen molar-refractivity contribution in [1.82, 2.24) is 4.90 Å². The van der Waals surface area contributed by atoms with Gasteiger partial charge in [0.15, 0.2) is 5.78 Å². The van der Waals surface area contributed by atoms with Crippen LogP contribution >= 0.6 is 0 Å². The van der Waals surface area contributed by atoms with Crippen LogP contribution in [0.4, 0.5) is 0 Å². The SMILES string of the molecule is O=C1CC(=O)N(CCc2ccc3c(c2)CCO3)C1. The zero-order chi connectivity index (χ0) is 12.5. The van der Waals surface area contributed by atoms with Crippen molar-refractivity contribution in [2.75, 3.05) is 19.7 Å². The first-order valence-corrected chi connectivity index (χ1v) is 6.26. The number of carbonyl (C=O) groups excluding carboxylic acids is 2. The Bertz CT molecular complexity index is 510. The third-order valence-electron chi connectivity index (χ3n) is 3.49. The van der Waals surface area contributed by atoms with Crippen molar-refractivity contribution in [3.8, 4) is 5.75 Å². The summed E-state index contributed by atoms with van der Waals surface area (Å²) in [6.07, 6.45) is 1.84. The number of nitrogens with zero attached hydrogens (tertiary/aromatic N) is 1. The van der Waals surface area contributed by atoms with Crippen LogP contribution in [0.25, 0.3) is 0 Å². The molecule has 2 heterocycles. The van der Waals surface area contributed by atoms with E-state index in [2.05, 4.69) is 6.07 Å². The summed E-state index contributed by atoms with van der Waals surface area (Å²) in [6.45, 7) is 1.68. The fourth-order valence-electron chi connectivity index (χ4n) is 2.50. The average molecular weight is 245 g/mol. The predicted octanol–water partition coefficient (Wildman–Crippen LogP) is 0.965. The van der Waals surface area contributed by atoms with Crippen LogP contribution in [0.15, 0.2) is 18.2 Å². The molecule has 0 saturated carbocycles. The summed E-state index contributed by atoms with van der Waals surface area (Å²) in [7, 11) is 0. The zero-order valence-electron chi connectivity index (χ0n) is 10.1. The fraction of sp³-hybridized carbons (Fsp3) is 0.429. The van der Waals surface area contributed by atoms with E-state index >= 15 is 0 Å². The summed E-state index contributed by atoms with van der Waals surface area (Å²) in [5, 5.41) is 0. The molecule has 1 aromatic carbocycles. The number of rotatable bonds is 3. The van der Waals surface area contributed by atoms with Gasteiger partial charge in [-0.25, -0.2) is 0 Å². The van der Waals surface area contributed by atoms with Crippen molar-refractivity contribution in [1.29, 1.82) is 0 Å². The first-order valence-electron chi connectivity index (χ1n) is 6.26. The molecular formula is C14H15NO3. The van der Waals surface area contributed by atoms with E-state index in [0.717, 1.165) is 25.2 Å². The van der Waals surface area contributed by atoms with Crippen LogP contribution in [0.1, 0.15) is 17.5 Å². The third kappa shape index (κ3) is 2.10. The number of ether oxygens (including phenoxy) is 1. The van der Waals surface area contributed by atoms with Crippen molar-refractivity contribution in [2.24, 2.45) is 0 Å². The third-order valence-corrected chi connectivity index (χ3v) is 3.49. The number of likely N-dealkylation sites (tertiary alicyclic amines) is 1. The zero-order valence-corrected chi connectivity index (χ0v) is 10.1. The molecule has 0 aromatic heterocycles. The van der Waals surface area contributed by atoms with Crippen molar-refractivity contribution >= 4 is 11.7 Å². The predicted molar refractivity (Wildman–Crippen MR) is 65.5 cm³/mol. The fourth-order valence-corrected chi connectivity index (χ4v) is 2.50. The molecule has 0 spiro atoms. The minimum Gasteiger partial charge on any atom is -0.493 e. The second-order valence-corrected chi connectivity index (χ2v) is 4.82. The highest BCUT2D eigenvalue weighted by atomic mass is 16.5. The lowest BCUT2D eigenvalue weighted by Gasteiger charge is -2.14. The van der Waals surface area contributed by atoms with E-state index in [4.69, 9.17) is 4.74 Å². The molecule has 0 unspecified atom stereocenters. The maximum atomic E-state index is 11.5. The maximum absolute atomic E-state index is 11.5. The highest BCUT2D eigenvalue weighted by molar-refractivity contribution is 6.05.